The molecule has 654 valence electrons. The van der Waals surface area contributed by atoms with E-state index in [2.05, 4.69) is 46.9 Å². The van der Waals surface area contributed by atoms with E-state index in [4.69, 9.17) is 51.3 Å². The van der Waals surface area contributed by atoms with Crippen LogP contribution in [0.5, 0.6) is 0 Å². The van der Waals surface area contributed by atoms with Gasteiger partial charge in [-0.3, -0.25) is 92.3 Å². The molecule has 0 spiro atoms. The topological polar surface area (TPSA) is 618 Å². The lowest BCUT2D eigenvalue weighted by Gasteiger charge is -2.30. The molecule has 3 rings (SSSR count). The van der Waals surface area contributed by atoms with Crippen LogP contribution in [0.1, 0.15) is 201 Å². The van der Waals surface area contributed by atoms with Gasteiger partial charge < -0.3 is 82.9 Å². The number of carboxylic acid groups (broad SMARTS) is 1. The summed E-state index contributed by atoms with van der Waals surface area (Å²) >= 11 is 0.887. The van der Waals surface area contributed by atoms with Crippen LogP contribution in [0.3, 0.4) is 0 Å². The first-order valence-electron chi connectivity index (χ1n) is 40.9. The Hall–Kier alpha value is -10.5. The molecule has 1 aliphatic rings. The van der Waals surface area contributed by atoms with Gasteiger partial charge >= 0.3 is 5.97 Å². The predicted molar refractivity (Wildman–Crippen MR) is 452 cm³/mol. The number of aliphatic imine (C=N–C) groups is 3. The fourth-order valence-corrected chi connectivity index (χ4v) is 14.9. The summed E-state index contributed by atoms with van der Waals surface area (Å²) in [5, 5.41) is 34.6. The molecule has 1 saturated heterocycles. The molecule has 14 atom stereocenters. The second kappa shape index (κ2) is 53.8. The molecule has 35 heteroatoms. The van der Waals surface area contributed by atoms with Crippen molar-refractivity contribution in [3.8, 4) is 0 Å². The maximum atomic E-state index is 15.1. The maximum Gasteiger partial charge on any atom is 0.305 e. The van der Waals surface area contributed by atoms with Crippen LogP contribution in [0.4, 0.5) is 0 Å². The van der Waals surface area contributed by atoms with E-state index in [9.17, 15) is 62.6 Å². The van der Waals surface area contributed by atoms with Gasteiger partial charge in [0.05, 0.1) is 48.2 Å². The predicted octanol–water partition coefficient (Wildman–Crippen LogP) is 2.95. The van der Waals surface area contributed by atoms with E-state index in [1.165, 1.54) is 0 Å². The molecule has 1 aliphatic heterocycles. The van der Waals surface area contributed by atoms with Crippen molar-refractivity contribution in [1.29, 1.82) is 5.41 Å². The van der Waals surface area contributed by atoms with Crippen LogP contribution < -0.4 is 77.8 Å². The first-order chi connectivity index (χ1) is 55.7. The third-order valence-corrected chi connectivity index (χ3v) is 22.5. The van der Waals surface area contributed by atoms with Gasteiger partial charge in [0.15, 0.2) is 46.8 Å². The van der Waals surface area contributed by atoms with Crippen LogP contribution in [-0.2, 0) is 84.8 Å². The van der Waals surface area contributed by atoms with Crippen LogP contribution in [0.15, 0.2) is 75.6 Å². The van der Waals surface area contributed by atoms with Crippen LogP contribution in [0.2, 0.25) is 0 Å². The molecule has 2 aromatic rings. The van der Waals surface area contributed by atoms with Gasteiger partial charge in [-0.15, -0.1) is 11.8 Å². The number of thioether (sulfide) groups is 1. The van der Waals surface area contributed by atoms with Crippen molar-refractivity contribution in [2.45, 2.75) is 239 Å². The van der Waals surface area contributed by atoms with Gasteiger partial charge in [-0.05, 0) is 99.0 Å². The number of hydrogen-bond acceptors (Lipinski definition) is 20. The Labute approximate surface area is 696 Å². The number of ketones is 7. The lowest BCUT2D eigenvalue weighted by atomic mass is 9.75. The Bertz CT molecular complexity index is 3790. The zero-order valence-corrected chi connectivity index (χ0v) is 70.6. The number of benzene rings is 2. The fourth-order valence-electron chi connectivity index (χ4n) is 14.0. The quantitative estimate of drug-likeness (QED) is 0.0277. The number of carboxylic acids is 1. The van der Waals surface area contributed by atoms with Crippen LogP contribution in [0.25, 0.3) is 0 Å². The standard InChI is InChI=1S/C83H130N18O16S/c1-9-49(7)58-43-66(104)56(47(3)4)41-70(108)75(50(8)10-2)101-78(115)55(28-20-34-94-82(89)90)40-67(105)60(36-51-22-13-11-14-23-51)96-73(110)46-118-45-63(64(102)31-32-72(86)109)100-77(114)54(27-19-33-93-81(87)88)39-68(106)61(37-52-24-15-12-16-25-52)98-79(116)57(48(5)6)42-69(107)59(29-21-35-95-83(91)92)97-80(117)62(44-74(111)112)99-76(113)53(38-65(58)103)26-17-18-30-71(84)85/h11-16,22-25,47-50,53-63,75H,9-10,17-21,26-46H2,1-8H3,(H3,84,85)(H2,86,109)(H,96,110)(H,97,117)(H,98,116)(H,99,113)(H,100,114)(H,101,115)(H,111,112)(H4,87,88,93)(H4,89,90,94)(H4,91,92,95)/t49-,50-,53+,54+,55+,56-,57-,58-,59-,60-,61-,62-,63-,75-/m0/s1. The second-order valence-corrected chi connectivity index (χ2v) is 32.6. The number of amidine groups is 1. The van der Waals surface area contributed by atoms with E-state index in [-0.39, 0.29) is 139 Å². The second-order valence-electron chi connectivity index (χ2n) is 31.6. The van der Waals surface area contributed by atoms with E-state index < -0.39 is 234 Å². The molecule has 0 aromatic heterocycles. The molecule has 0 saturated carbocycles. The molecule has 0 bridgehead atoms. The average Bonchev–Trinajstić information content (AvgIpc) is 0.840. The van der Waals surface area contributed by atoms with Gasteiger partial charge in [0.1, 0.15) is 17.6 Å². The molecule has 24 N–H and O–H groups in total. The minimum absolute atomic E-state index is 0.00685. The number of Topliss-reactive ketones (excluding diaryl/α,β-unsaturated/α-hetero) is 7. The minimum Gasteiger partial charge on any atom is -0.481 e. The minimum atomic E-state index is -1.90. The van der Waals surface area contributed by atoms with Crippen LogP contribution in [-0.4, -0.2) is 184 Å². The summed E-state index contributed by atoms with van der Waals surface area (Å²) in [5.41, 5.74) is 46.3. The Kier molecular flexibility index (Phi) is 46.3. The van der Waals surface area contributed by atoms with Gasteiger partial charge in [-0.2, -0.15) is 0 Å². The third-order valence-electron chi connectivity index (χ3n) is 21.4. The number of unbranched alkanes of at least 4 members (excludes halogenated alkanes) is 1. The van der Waals surface area contributed by atoms with E-state index in [0.717, 1.165) is 11.8 Å². The molecule has 1 fully saturated rings. The number of hydrogen-bond donors (Lipinski definition) is 16. The van der Waals surface area contributed by atoms with Crippen molar-refractivity contribution < 1.29 is 77.0 Å². The molecule has 0 aliphatic carbocycles. The first-order valence-corrected chi connectivity index (χ1v) is 42.1. The zero-order chi connectivity index (χ0) is 88.3. The highest BCUT2D eigenvalue weighted by atomic mass is 32.2. The molecule has 2 aromatic carbocycles. The number of amides is 7. The number of primary amides is 1. The van der Waals surface area contributed by atoms with Gasteiger partial charge in [0.25, 0.3) is 0 Å². The van der Waals surface area contributed by atoms with Gasteiger partial charge in [-0.1, -0.05) is 135 Å². The number of carbonyl (C=O) groups is 15. The summed E-state index contributed by atoms with van der Waals surface area (Å²) in [6, 6.07) is 8.52. The summed E-state index contributed by atoms with van der Waals surface area (Å²) in [5.74, 6) is -22.5. The largest absolute Gasteiger partial charge is 0.481 e. The number of guanidine groups is 3. The van der Waals surface area contributed by atoms with Crippen LogP contribution >= 0.6 is 11.8 Å². The fraction of sp³-hybridized carbons (Fsp3) is 0.627. The van der Waals surface area contributed by atoms with Crippen molar-refractivity contribution in [3.63, 3.8) is 0 Å². The van der Waals surface area contributed by atoms with E-state index in [1.807, 2.05) is 6.92 Å². The van der Waals surface area contributed by atoms with Crippen molar-refractivity contribution in [2.75, 3.05) is 31.1 Å². The summed E-state index contributed by atoms with van der Waals surface area (Å²) in [6.07, 6.45) is -3.67. The lowest BCUT2D eigenvalue weighted by Crippen LogP contribution is -2.54. The van der Waals surface area contributed by atoms with Gasteiger partial charge in [0, 0.05) is 119 Å². The highest BCUT2D eigenvalue weighted by Gasteiger charge is 2.41. The highest BCUT2D eigenvalue weighted by molar-refractivity contribution is 8.00. The highest BCUT2D eigenvalue weighted by Crippen LogP contribution is 2.32. The Balaban J connectivity index is 2.42. The smallest absolute Gasteiger partial charge is 0.305 e. The first kappa shape index (κ1) is 102. The van der Waals surface area contributed by atoms with Crippen molar-refractivity contribution in [1.82, 2.24) is 31.9 Å². The molecule has 0 unspecified atom stereocenters. The molecule has 1 heterocycles. The zero-order valence-electron chi connectivity index (χ0n) is 69.7. The van der Waals surface area contributed by atoms with E-state index in [0.29, 0.717) is 24.0 Å². The SMILES string of the molecule is CC[C@H](C)[C@@H]1CC(=O)[C@H](C(C)C)CC(=O)[C@H]([C@@H](C)CC)NC(=O)[C@H](CCCN=C(N)N)CC(=O)[C@H](Cc2ccccc2)NC(=O)CSC[C@@H](C(=O)CCC(N)=O)NC(=O)[C@H](CCCN=C(N)N)CC(=O)[C@H](Cc2ccccc2)NC(=O)[C@H](C(C)C)CC(=O)[C@H](CCCN=C(N)N)NC(=O)[C@H](CC(=O)O)NC(=O)[C@H](CCCCC(=N)N)CC1=O. The molecular formula is C83H130N18O16S. The average molecular weight is 1670 g/mol. The number of nitrogens with zero attached hydrogens (tertiary/aromatic N) is 3. The van der Waals surface area contributed by atoms with E-state index >= 15 is 14.4 Å². The number of carbonyl (C=O) groups excluding carboxylic acids is 14. The molecule has 118 heavy (non-hydrogen) atoms. The summed E-state index contributed by atoms with van der Waals surface area (Å²) in [7, 11) is 0. The number of nitrogens with two attached hydrogens (primary N) is 8. The van der Waals surface area contributed by atoms with Crippen molar-refractivity contribution in [2.24, 2.45) is 120 Å². The van der Waals surface area contributed by atoms with Gasteiger partial charge in [0.2, 0.25) is 41.4 Å². The van der Waals surface area contributed by atoms with E-state index in [1.54, 1.807) is 109 Å². The number of rotatable bonds is 33. The Morgan fingerprint density at radius 2 is 0.873 bits per heavy atom. The number of aliphatic carboxylic acids is 1. The summed E-state index contributed by atoms with van der Waals surface area (Å²) in [6.45, 7) is 13.9. The van der Waals surface area contributed by atoms with Crippen LogP contribution in [0, 0.1) is 64.6 Å². The lowest BCUT2D eigenvalue weighted by molar-refractivity contribution is -0.142. The monoisotopic (exact) mass is 1670 g/mol. The van der Waals surface area contributed by atoms with Crippen molar-refractivity contribution >= 4 is 123 Å². The molecular weight excluding hydrogens is 1540 g/mol. The Morgan fingerprint density at radius 3 is 1.35 bits per heavy atom. The molecule has 0 radical (unpaired) electrons. The maximum absolute atomic E-state index is 15.1. The molecule has 34 nitrogen and oxygen atoms in total. The van der Waals surface area contributed by atoms with Gasteiger partial charge in [-0.25, -0.2) is 0 Å². The number of nitrogens with one attached hydrogen (secondary N) is 7. The Morgan fingerprint density at radius 1 is 0.449 bits per heavy atom. The normalized spacial score (nSPS) is 23.6. The summed E-state index contributed by atoms with van der Waals surface area (Å²) in [4.78, 5) is 230. The molecule has 7 amide bonds. The summed E-state index contributed by atoms with van der Waals surface area (Å²) < 4.78 is 0. The van der Waals surface area contributed by atoms with Crippen molar-refractivity contribution in [3.05, 3.63) is 71.8 Å². The third kappa shape index (κ3) is 38.7.